The monoisotopic (exact) mass is 1360 g/mol. The van der Waals surface area contributed by atoms with Gasteiger partial charge in [-0.1, -0.05) is 61.0 Å². The van der Waals surface area contributed by atoms with Gasteiger partial charge in [0, 0.05) is 189 Å². The molecule has 0 aliphatic heterocycles. The molecule has 3 unspecified atom stereocenters. The molecule has 0 spiro atoms. The normalized spacial score (nSPS) is 19.3. The summed E-state index contributed by atoms with van der Waals surface area (Å²) in [5, 5.41) is 36.9. The maximum absolute atomic E-state index is 11.4. The maximum Gasteiger partial charge on any atom is 0.208 e. The molecule has 16 rings (SSSR count). The fourth-order valence-electron chi connectivity index (χ4n) is 14.2. The van der Waals surface area contributed by atoms with Gasteiger partial charge in [0.15, 0.2) is 17.5 Å². The molecule has 100 heavy (non-hydrogen) atoms. The number of hydrogen-bond acceptors (Lipinski definition) is 18. The van der Waals surface area contributed by atoms with Gasteiger partial charge in [-0.3, -0.25) is 28.1 Å². The first-order valence-corrected chi connectivity index (χ1v) is 36.1. The van der Waals surface area contributed by atoms with Crippen molar-refractivity contribution < 1.29 is 8.42 Å². The topological polar surface area (TPSA) is 293 Å². The number of sulfonamides is 1. The van der Waals surface area contributed by atoms with Crippen LogP contribution in [-0.2, 0) is 52.3 Å². The van der Waals surface area contributed by atoms with E-state index in [0.717, 1.165) is 164 Å². The predicted octanol–water partition coefficient (Wildman–Crippen LogP) is 11.1. The van der Waals surface area contributed by atoms with Gasteiger partial charge in [0.05, 0.1) is 43.4 Å². The summed E-state index contributed by atoms with van der Waals surface area (Å²) >= 11 is 0. The Kier molecular flexibility index (Phi) is 19.4. The van der Waals surface area contributed by atoms with E-state index >= 15 is 0 Å². The molecule has 25 nitrogen and oxygen atoms in total. The van der Waals surface area contributed by atoms with Crippen molar-refractivity contribution in [1.29, 1.82) is 0 Å². The van der Waals surface area contributed by atoms with Crippen molar-refractivity contribution in [3.63, 3.8) is 0 Å². The zero-order valence-electron chi connectivity index (χ0n) is 57.5. The van der Waals surface area contributed by atoms with E-state index in [2.05, 4.69) is 105 Å². The first-order valence-electron chi connectivity index (χ1n) is 34.3. The molecule has 4 fully saturated rings. The second kappa shape index (κ2) is 29.1. The Morgan fingerprint density at radius 1 is 0.410 bits per heavy atom. The Bertz CT molecular complexity index is 4930. The minimum absolute atomic E-state index is 0.209. The van der Waals surface area contributed by atoms with Crippen LogP contribution in [0.15, 0.2) is 166 Å². The van der Waals surface area contributed by atoms with E-state index in [-0.39, 0.29) is 6.04 Å². The number of nitrogens with one attached hydrogen (secondary N) is 4. The summed E-state index contributed by atoms with van der Waals surface area (Å²) in [6, 6.07) is 25.8. The quantitative estimate of drug-likeness (QED) is 0.0503. The zero-order chi connectivity index (χ0) is 69.0. The van der Waals surface area contributed by atoms with Gasteiger partial charge in [-0.05, 0) is 123 Å². The third kappa shape index (κ3) is 15.8. The SMILES string of the molecule is Cn1cc(-c2cccc(-c3ncc(-c4cnn(C)c4)c(NC4CC(CNS(C)(=O)=O)C4)n3)c2)cn1.Cn1cc(-c2cccc(-c3ncc(-c4cnn(C)c4)c(NC4CC5CCC4C5)n3)c2)cn1.Cn1cc(-c2cccc(-c3ncc(-c4cnn(C)c4)c(NC4CCC(CN)CC4)n3)c2)cn1. The Balaban J connectivity index is 0.000000128. The summed E-state index contributed by atoms with van der Waals surface area (Å²) in [5.41, 5.74) is 21.0. The first-order chi connectivity index (χ1) is 48.4. The molecule has 4 aliphatic rings. The molecule has 9 aromatic heterocycles. The number of nitrogens with zero attached hydrogens (tertiary/aromatic N) is 18. The van der Waals surface area contributed by atoms with Crippen molar-refractivity contribution >= 4 is 27.5 Å². The average Bonchev–Trinajstić information content (AvgIpc) is 1.52. The summed E-state index contributed by atoms with van der Waals surface area (Å²) in [6.45, 7) is 1.24. The number of aromatic nitrogens is 18. The first kappa shape index (κ1) is 66.7. The summed E-state index contributed by atoms with van der Waals surface area (Å²) in [4.78, 5) is 29.1. The molecule has 514 valence electrons. The molecule has 0 amide bonds. The maximum atomic E-state index is 11.4. The minimum Gasteiger partial charge on any atom is -0.367 e. The standard InChI is InChI=1S/C25H30N8.C25H27N7.C24H28N8O2S/c1-32-15-20(12-28-32)18-4-3-5-19(10-18)24-27-14-23(21-13-29-33(2)16-21)25(31-24)30-22-8-6-17(11-26)7-9-22;1-31-14-20(11-27-31)17-4-3-5-19(10-17)24-26-13-22(21-12-28-32(2)15-21)25(30-24)29-23-9-16-6-7-18(23)8-16;1-31-14-19(11-26-31)17-5-4-6-18(9-17)23-25-13-22(20-12-27-32(2)15-20)24(30-23)29-21-7-16(8-21)10-28-35(3,33)34/h3-5,10,12-17,22H,6-9,11,26H2,1-2H3,(H,27,30,31);3-5,10-16,18,23H,6-9H2,1-2H3,(H,26,29,30);4-6,9,11-16,21,28H,7-8,10H2,1-3H3,(H,25,29,30). The van der Waals surface area contributed by atoms with Crippen molar-refractivity contribution in [3.8, 4) is 101 Å². The van der Waals surface area contributed by atoms with Crippen LogP contribution in [0.4, 0.5) is 17.5 Å². The average molecular weight is 1360 g/mol. The number of hydrogen-bond donors (Lipinski definition) is 5. The van der Waals surface area contributed by atoms with Crippen LogP contribution in [0, 0.1) is 23.7 Å². The van der Waals surface area contributed by atoms with Gasteiger partial charge in [-0.25, -0.2) is 43.0 Å². The molecule has 4 saturated carbocycles. The number of nitrogens with two attached hydrogens (primary N) is 1. The van der Waals surface area contributed by atoms with Gasteiger partial charge >= 0.3 is 0 Å². The van der Waals surface area contributed by atoms with Crippen molar-refractivity contribution in [2.75, 3.05) is 35.3 Å². The molecule has 0 saturated heterocycles. The number of aryl methyl sites for hydroxylation is 6. The largest absolute Gasteiger partial charge is 0.367 e. The highest BCUT2D eigenvalue weighted by Gasteiger charge is 2.40. The van der Waals surface area contributed by atoms with E-state index < -0.39 is 10.0 Å². The summed E-state index contributed by atoms with van der Waals surface area (Å²) in [6.07, 6.45) is 41.5. The molecule has 3 aromatic carbocycles. The summed E-state index contributed by atoms with van der Waals surface area (Å²) in [5.74, 6) is 7.14. The summed E-state index contributed by atoms with van der Waals surface area (Å²) < 4.78 is 36.1. The molecule has 3 atom stereocenters. The zero-order valence-corrected chi connectivity index (χ0v) is 58.3. The fraction of sp³-hybridized carbons (Fsp3) is 0.351. The van der Waals surface area contributed by atoms with Crippen molar-refractivity contribution in [1.82, 2.24) is 93.3 Å². The molecular weight excluding hydrogens is 1280 g/mol. The van der Waals surface area contributed by atoms with Crippen molar-refractivity contribution in [2.45, 2.75) is 82.3 Å². The Morgan fingerprint density at radius 3 is 1.12 bits per heavy atom. The smallest absolute Gasteiger partial charge is 0.208 e. The fourth-order valence-corrected chi connectivity index (χ4v) is 14.8. The molecule has 4 aliphatic carbocycles. The van der Waals surface area contributed by atoms with E-state index in [1.807, 2.05) is 167 Å². The van der Waals surface area contributed by atoms with Gasteiger partial charge in [0.2, 0.25) is 10.0 Å². The molecule has 12 aromatic rings. The summed E-state index contributed by atoms with van der Waals surface area (Å²) in [7, 11) is 8.31. The Labute approximate surface area is 582 Å². The number of benzene rings is 3. The van der Waals surface area contributed by atoms with Crippen LogP contribution in [0.2, 0.25) is 0 Å². The van der Waals surface area contributed by atoms with Gasteiger partial charge in [-0.15, -0.1) is 0 Å². The van der Waals surface area contributed by atoms with Gasteiger partial charge < -0.3 is 21.7 Å². The second-order valence-corrected chi connectivity index (χ2v) is 29.2. The molecule has 6 N–H and O–H groups in total. The van der Waals surface area contributed by atoms with Crippen molar-refractivity contribution in [2.24, 2.45) is 71.7 Å². The Hall–Kier alpha value is -10.6. The molecular formula is C74H85N23O2S. The lowest BCUT2D eigenvalue weighted by Gasteiger charge is -2.36. The van der Waals surface area contributed by atoms with E-state index in [1.54, 1.807) is 20.2 Å². The number of fused-ring (bicyclic) bond motifs is 2. The van der Waals surface area contributed by atoms with Crippen LogP contribution in [0.25, 0.3) is 101 Å². The lowest BCUT2D eigenvalue weighted by molar-refractivity contribution is 0.284. The van der Waals surface area contributed by atoms with Gasteiger partial charge in [-0.2, -0.15) is 30.6 Å². The minimum atomic E-state index is -3.18. The van der Waals surface area contributed by atoms with Crippen LogP contribution in [0.1, 0.15) is 64.2 Å². The highest BCUT2D eigenvalue weighted by atomic mass is 32.2. The third-order valence-corrected chi connectivity index (χ3v) is 20.4. The van der Waals surface area contributed by atoms with Gasteiger partial charge in [0.1, 0.15) is 17.5 Å². The highest BCUT2D eigenvalue weighted by Crippen LogP contribution is 2.46. The van der Waals surface area contributed by atoms with Gasteiger partial charge in [0.25, 0.3) is 0 Å². The van der Waals surface area contributed by atoms with E-state index in [4.69, 9.17) is 30.7 Å². The molecule has 0 radical (unpaired) electrons. The van der Waals surface area contributed by atoms with E-state index in [9.17, 15) is 8.42 Å². The lowest BCUT2D eigenvalue weighted by Crippen LogP contribution is -2.42. The number of rotatable bonds is 19. The van der Waals surface area contributed by atoms with Crippen LogP contribution in [0.3, 0.4) is 0 Å². The lowest BCUT2D eigenvalue weighted by atomic mass is 9.80. The third-order valence-electron chi connectivity index (χ3n) is 19.7. The van der Waals surface area contributed by atoms with Crippen LogP contribution in [-0.4, -0.2) is 134 Å². The van der Waals surface area contributed by atoms with E-state index in [0.29, 0.717) is 42.1 Å². The molecule has 2 bridgehead atoms. The van der Waals surface area contributed by atoms with Crippen LogP contribution in [0.5, 0.6) is 0 Å². The Morgan fingerprint density at radius 2 is 0.780 bits per heavy atom. The highest BCUT2D eigenvalue weighted by molar-refractivity contribution is 7.88. The van der Waals surface area contributed by atoms with Crippen molar-refractivity contribution in [3.05, 3.63) is 166 Å². The second-order valence-electron chi connectivity index (χ2n) is 27.3. The van der Waals surface area contributed by atoms with E-state index in [1.165, 1.54) is 31.9 Å². The predicted molar refractivity (Wildman–Crippen MR) is 390 cm³/mol. The van der Waals surface area contributed by atoms with Crippen LogP contribution < -0.4 is 26.4 Å². The molecule has 26 heteroatoms. The molecule has 9 heterocycles. The number of anilines is 3. The van der Waals surface area contributed by atoms with Crippen LogP contribution >= 0.6 is 0 Å².